The maximum Gasteiger partial charge on any atom is 0.303 e. The Balaban J connectivity index is 2.06. The van der Waals surface area contributed by atoms with E-state index < -0.39 is 5.97 Å². The van der Waals surface area contributed by atoms with Crippen LogP contribution in [-0.2, 0) is 17.6 Å². The van der Waals surface area contributed by atoms with Crippen LogP contribution >= 0.6 is 0 Å². The van der Waals surface area contributed by atoms with Gasteiger partial charge in [-0.15, -0.1) is 0 Å². The lowest BCUT2D eigenvalue weighted by atomic mass is 9.76. The zero-order valence-electron chi connectivity index (χ0n) is 14.0. The molecule has 122 valence electrons. The number of carboxylic acid groups (broad SMARTS) is 1. The van der Waals surface area contributed by atoms with Crippen molar-refractivity contribution >= 4 is 5.97 Å². The topological polar surface area (TPSA) is 37.3 Å². The molecule has 0 radical (unpaired) electrons. The van der Waals surface area contributed by atoms with Crippen molar-refractivity contribution in [2.24, 2.45) is 17.8 Å². The minimum absolute atomic E-state index is 0.161. The Hall–Kier alpha value is -2.09. The molecule has 3 unspecified atom stereocenters. The second-order valence-corrected chi connectivity index (χ2v) is 6.57. The number of aliphatic carboxylic acids is 1. The Bertz CT molecular complexity index is 592. The van der Waals surface area contributed by atoms with Crippen molar-refractivity contribution in [2.75, 3.05) is 0 Å². The van der Waals surface area contributed by atoms with Crippen molar-refractivity contribution in [3.8, 4) is 0 Å². The van der Waals surface area contributed by atoms with Gasteiger partial charge in [-0.2, -0.15) is 0 Å². The third-order valence-electron chi connectivity index (χ3n) is 4.82. The van der Waals surface area contributed by atoms with Crippen LogP contribution in [0, 0.1) is 17.8 Å². The molecule has 0 heterocycles. The lowest BCUT2D eigenvalue weighted by Crippen LogP contribution is -2.25. The first-order valence-corrected chi connectivity index (χ1v) is 8.36. The Morgan fingerprint density at radius 2 is 1.35 bits per heavy atom. The van der Waals surface area contributed by atoms with Crippen molar-refractivity contribution in [1.29, 1.82) is 0 Å². The molecule has 23 heavy (non-hydrogen) atoms. The summed E-state index contributed by atoms with van der Waals surface area (Å²) in [5.74, 6) is 0.260. The predicted octanol–water partition coefficient (Wildman–Crippen LogP) is 4.83. The van der Waals surface area contributed by atoms with Crippen molar-refractivity contribution in [2.45, 2.75) is 33.1 Å². The number of hydrogen-bond acceptors (Lipinski definition) is 1. The summed E-state index contributed by atoms with van der Waals surface area (Å²) >= 11 is 0. The first kappa shape index (κ1) is 17.3. The van der Waals surface area contributed by atoms with Crippen LogP contribution in [0.1, 0.15) is 31.4 Å². The second kappa shape index (κ2) is 8.52. The molecule has 0 saturated carbocycles. The number of rotatable bonds is 8. The molecular formula is C21H26O2. The molecule has 2 aromatic rings. The fraction of sp³-hybridized carbons (Fsp3) is 0.381. The summed E-state index contributed by atoms with van der Waals surface area (Å²) in [5.41, 5.74) is 2.54. The molecular weight excluding hydrogens is 284 g/mol. The van der Waals surface area contributed by atoms with Gasteiger partial charge in [-0.25, -0.2) is 0 Å². The maximum atomic E-state index is 11.3. The van der Waals surface area contributed by atoms with E-state index in [1.165, 1.54) is 11.1 Å². The maximum absolute atomic E-state index is 11.3. The van der Waals surface area contributed by atoms with E-state index >= 15 is 0 Å². The molecule has 1 N–H and O–H groups in total. The highest BCUT2D eigenvalue weighted by Gasteiger charge is 2.25. The SMILES string of the molecule is CC(Cc1ccccc1)C(C)C(CC(=O)O)Cc1ccccc1. The summed E-state index contributed by atoms with van der Waals surface area (Å²) in [6.45, 7) is 4.43. The molecule has 0 spiro atoms. The Morgan fingerprint density at radius 3 is 1.83 bits per heavy atom. The number of carboxylic acids is 1. The van der Waals surface area contributed by atoms with Gasteiger partial charge in [0.25, 0.3) is 0 Å². The van der Waals surface area contributed by atoms with Crippen molar-refractivity contribution in [3.05, 3.63) is 71.8 Å². The molecule has 0 aliphatic heterocycles. The fourth-order valence-electron chi connectivity index (χ4n) is 3.22. The van der Waals surface area contributed by atoms with Crippen molar-refractivity contribution < 1.29 is 9.90 Å². The van der Waals surface area contributed by atoms with Crippen LogP contribution in [-0.4, -0.2) is 11.1 Å². The predicted molar refractivity (Wildman–Crippen MR) is 94.4 cm³/mol. The van der Waals surface area contributed by atoms with Crippen LogP contribution in [0.3, 0.4) is 0 Å². The summed E-state index contributed by atoms with van der Waals surface area (Å²) in [5, 5.41) is 9.28. The minimum Gasteiger partial charge on any atom is -0.481 e. The quantitative estimate of drug-likeness (QED) is 0.758. The fourth-order valence-corrected chi connectivity index (χ4v) is 3.22. The van der Waals surface area contributed by atoms with Gasteiger partial charge < -0.3 is 5.11 Å². The monoisotopic (exact) mass is 310 g/mol. The third kappa shape index (κ3) is 5.55. The lowest BCUT2D eigenvalue weighted by molar-refractivity contribution is -0.138. The van der Waals surface area contributed by atoms with Crippen molar-refractivity contribution in [1.82, 2.24) is 0 Å². The molecule has 0 aliphatic carbocycles. The van der Waals surface area contributed by atoms with E-state index in [9.17, 15) is 9.90 Å². The molecule has 0 fully saturated rings. The highest BCUT2D eigenvalue weighted by molar-refractivity contribution is 5.67. The first-order valence-electron chi connectivity index (χ1n) is 8.36. The molecule has 0 aromatic heterocycles. The zero-order valence-corrected chi connectivity index (χ0v) is 14.0. The van der Waals surface area contributed by atoms with E-state index in [0.29, 0.717) is 11.8 Å². The Kier molecular flexibility index (Phi) is 6.40. The van der Waals surface area contributed by atoms with Gasteiger partial charge in [0.1, 0.15) is 0 Å². The molecule has 2 heteroatoms. The summed E-state index contributed by atoms with van der Waals surface area (Å²) in [6, 6.07) is 20.6. The smallest absolute Gasteiger partial charge is 0.303 e. The summed E-state index contributed by atoms with van der Waals surface area (Å²) in [7, 11) is 0. The first-order chi connectivity index (χ1) is 11.1. The molecule has 0 saturated heterocycles. The highest BCUT2D eigenvalue weighted by Crippen LogP contribution is 2.29. The van der Waals surface area contributed by atoms with Gasteiger partial charge in [0.05, 0.1) is 0 Å². The van der Waals surface area contributed by atoms with Crippen LogP contribution in [0.4, 0.5) is 0 Å². The van der Waals surface area contributed by atoms with Crippen LogP contribution in [0.5, 0.6) is 0 Å². The summed E-state index contributed by atoms with van der Waals surface area (Å²) in [6.07, 6.45) is 2.05. The molecule has 2 nitrogen and oxygen atoms in total. The van der Waals surface area contributed by atoms with E-state index in [1.54, 1.807) is 0 Å². The van der Waals surface area contributed by atoms with Crippen LogP contribution in [0.25, 0.3) is 0 Å². The Labute approximate surface area is 139 Å². The van der Waals surface area contributed by atoms with E-state index in [4.69, 9.17) is 0 Å². The van der Waals surface area contributed by atoms with Gasteiger partial charge in [-0.1, -0.05) is 74.5 Å². The van der Waals surface area contributed by atoms with Gasteiger partial charge in [-0.05, 0) is 41.7 Å². The molecule has 2 rings (SSSR count). The lowest BCUT2D eigenvalue weighted by Gasteiger charge is -2.28. The normalized spacial score (nSPS) is 14.9. The highest BCUT2D eigenvalue weighted by atomic mass is 16.4. The van der Waals surface area contributed by atoms with E-state index in [2.05, 4.69) is 50.2 Å². The van der Waals surface area contributed by atoms with Gasteiger partial charge in [0.2, 0.25) is 0 Å². The Morgan fingerprint density at radius 1 is 0.870 bits per heavy atom. The molecule has 0 bridgehead atoms. The third-order valence-corrected chi connectivity index (χ3v) is 4.82. The number of benzene rings is 2. The van der Waals surface area contributed by atoms with Gasteiger partial charge >= 0.3 is 5.97 Å². The zero-order chi connectivity index (χ0) is 16.7. The van der Waals surface area contributed by atoms with Gasteiger partial charge in [0.15, 0.2) is 0 Å². The van der Waals surface area contributed by atoms with E-state index in [0.717, 1.165) is 12.8 Å². The van der Waals surface area contributed by atoms with Gasteiger partial charge in [0, 0.05) is 6.42 Å². The van der Waals surface area contributed by atoms with Crippen LogP contribution in [0.15, 0.2) is 60.7 Å². The van der Waals surface area contributed by atoms with Crippen molar-refractivity contribution in [3.63, 3.8) is 0 Å². The van der Waals surface area contributed by atoms with E-state index in [-0.39, 0.29) is 12.3 Å². The molecule has 2 aromatic carbocycles. The summed E-state index contributed by atoms with van der Waals surface area (Å²) in [4.78, 5) is 11.3. The number of carbonyl (C=O) groups is 1. The largest absolute Gasteiger partial charge is 0.481 e. The molecule has 0 aliphatic rings. The average molecular weight is 310 g/mol. The van der Waals surface area contributed by atoms with E-state index in [1.807, 2.05) is 24.3 Å². The van der Waals surface area contributed by atoms with Gasteiger partial charge in [-0.3, -0.25) is 4.79 Å². The molecule has 0 amide bonds. The standard InChI is InChI=1S/C21H26O2/c1-16(13-18-9-5-3-6-10-18)17(2)20(15-21(22)23)14-19-11-7-4-8-12-19/h3-12,16-17,20H,13-15H2,1-2H3,(H,22,23). The minimum atomic E-state index is -0.704. The van der Waals surface area contributed by atoms with Crippen LogP contribution in [0.2, 0.25) is 0 Å². The molecule has 3 atom stereocenters. The number of hydrogen-bond donors (Lipinski definition) is 1. The van der Waals surface area contributed by atoms with Crippen LogP contribution < -0.4 is 0 Å². The average Bonchev–Trinajstić information content (AvgIpc) is 2.55. The second-order valence-electron chi connectivity index (χ2n) is 6.57. The summed E-state index contributed by atoms with van der Waals surface area (Å²) < 4.78 is 0.